The van der Waals surface area contributed by atoms with Gasteiger partial charge in [0.25, 0.3) is 0 Å². The van der Waals surface area contributed by atoms with Crippen molar-refractivity contribution >= 4 is 23.1 Å². The minimum Gasteiger partial charge on any atom is -0.353 e. The maximum absolute atomic E-state index is 9.77. The van der Waals surface area contributed by atoms with Gasteiger partial charge in [0.05, 0.1) is 11.4 Å². The molecule has 0 unspecified atom stereocenters. The molecule has 0 aliphatic carbocycles. The van der Waals surface area contributed by atoms with Crippen molar-refractivity contribution in [1.82, 2.24) is 14.9 Å². The van der Waals surface area contributed by atoms with Crippen LogP contribution in [0.2, 0.25) is 0 Å². The van der Waals surface area contributed by atoms with E-state index >= 15 is 0 Å². The summed E-state index contributed by atoms with van der Waals surface area (Å²) in [5, 5.41) is 19.6. The van der Waals surface area contributed by atoms with Crippen molar-refractivity contribution < 1.29 is 5.21 Å². The number of allylic oxidation sites excluding steroid dienone is 4. The number of rotatable bonds is 2. The van der Waals surface area contributed by atoms with Crippen LogP contribution in [0.15, 0.2) is 70.4 Å². The van der Waals surface area contributed by atoms with E-state index in [4.69, 9.17) is 12.2 Å². The largest absolute Gasteiger partial charge is 0.353 e. The van der Waals surface area contributed by atoms with Crippen LogP contribution >= 0.6 is 12.2 Å². The first-order valence-corrected chi connectivity index (χ1v) is 8.46. The molecule has 0 saturated carbocycles. The minimum absolute atomic E-state index is 0.459. The van der Waals surface area contributed by atoms with Gasteiger partial charge < -0.3 is 9.80 Å². The van der Waals surface area contributed by atoms with Crippen molar-refractivity contribution in [3.8, 4) is 0 Å². The molecule has 130 valence electrons. The van der Waals surface area contributed by atoms with Crippen LogP contribution in [0.25, 0.3) is 0 Å². The smallest absolute Gasteiger partial charge is 0.216 e. The first-order valence-electron chi connectivity index (χ1n) is 8.05. The van der Waals surface area contributed by atoms with Crippen molar-refractivity contribution in [2.45, 2.75) is 6.92 Å². The SMILES string of the molecule is C/C(N=NC(=S)N1CCN(c2ccccn2)CC1)=C1/C=CC=CN1O. The molecule has 1 saturated heterocycles. The van der Waals surface area contributed by atoms with Gasteiger partial charge in [-0.15, -0.1) is 5.11 Å². The van der Waals surface area contributed by atoms with E-state index in [1.54, 1.807) is 31.5 Å². The van der Waals surface area contributed by atoms with E-state index in [0.29, 0.717) is 16.5 Å². The summed E-state index contributed by atoms with van der Waals surface area (Å²) in [6.45, 7) is 5.01. The standard InChI is InChI=1S/C17H20N6OS/c1-14(15-6-3-5-9-23(15)24)19-20-17(25)22-12-10-21(11-13-22)16-7-2-4-8-18-16/h2-9,24H,10-13H2,1H3/b15-14+,20-19?. The monoisotopic (exact) mass is 356 g/mol. The molecule has 0 spiro atoms. The van der Waals surface area contributed by atoms with Gasteiger partial charge in [0, 0.05) is 38.6 Å². The predicted octanol–water partition coefficient (Wildman–Crippen LogP) is 2.95. The van der Waals surface area contributed by atoms with Crippen molar-refractivity contribution in [2.24, 2.45) is 10.2 Å². The van der Waals surface area contributed by atoms with Gasteiger partial charge in [-0.05, 0) is 43.4 Å². The van der Waals surface area contributed by atoms with Gasteiger partial charge in [0.2, 0.25) is 5.11 Å². The zero-order valence-electron chi connectivity index (χ0n) is 14.0. The van der Waals surface area contributed by atoms with Crippen LogP contribution in [0.5, 0.6) is 0 Å². The van der Waals surface area contributed by atoms with E-state index in [-0.39, 0.29) is 0 Å². The van der Waals surface area contributed by atoms with Gasteiger partial charge in [-0.1, -0.05) is 12.1 Å². The van der Waals surface area contributed by atoms with Crippen molar-refractivity contribution in [3.63, 3.8) is 0 Å². The summed E-state index contributed by atoms with van der Waals surface area (Å²) in [5.41, 5.74) is 1.17. The average Bonchev–Trinajstić information content (AvgIpc) is 2.67. The van der Waals surface area contributed by atoms with Gasteiger partial charge in [-0.3, -0.25) is 5.21 Å². The molecule has 1 aromatic heterocycles. The molecule has 3 heterocycles. The quantitative estimate of drug-likeness (QED) is 0.649. The number of anilines is 1. The lowest BCUT2D eigenvalue weighted by Gasteiger charge is -2.35. The number of piperazine rings is 1. The number of hydrogen-bond donors (Lipinski definition) is 1. The van der Waals surface area contributed by atoms with Crippen LogP contribution < -0.4 is 4.90 Å². The Bertz CT molecular complexity index is 735. The number of thiocarbonyl (C=S) groups is 1. The molecule has 7 nitrogen and oxygen atoms in total. The Labute approximate surface area is 152 Å². The Balaban J connectivity index is 1.57. The Hall–Kier alpha value is -2.58. The van der Waals surface area contributed by atoms with Crippen molar-refractivity contribution in [3.05, 3.63) is 60.2 Å². The fourth-order valence-corrected chi connectivity index (χ4v) is 2.84. The summed E-state index contributed by atoms with van der Waals surface area (Å²) in [6, 6.07) is 5.91. The summed E-state index contributed by atoms with van der Waals surface area (Å²) in [7, 11) is 0. The number of nitrogens with zero attached hydrogens (tertiary/aromatic N) is 6. The molecule has 0 aromatic carbocycles. The molecule has 0 amide bonds. The second kappa shape index (κ2) is 8.00. The second-order valence-electron chi connectivity index (χ2n) is 5.66. The third-order valence-electron chi connectivity index (χ3n) is 4.02. The van der Waals surface area contributed by atoms with Gasteiger partial charge in [-0.2, -0.15) is 5.11 Å². The number of hydroxylamine groups is 2. The number of pyridine rings is 1. The number of aromatic nitrogens is 1. The molecule has 1 fully saturated rings. The molecule has 2 aliphatic rings. The zero-order valence-corrected chi connectivity index (χ0v) is 14.8. The van der Waals surface area contributed by atoms with Crippen molar-refractivity contribution in [2.75, 3.05) is 31.1 Å². The summed E-state index contributed by atoms with van der Waals surface area (Å²) in [6.07, 6.45) is 8.68. The van der Waals surface area contributed by atoms with Gasteiger partial charge in [0.1, 0.15) is 5.82 Å². The molecule has 0 bridgehead atoms. The number of azo groups is 1. The van der Waals surface area contributed by atoms with E-state index in [1.165, 1.54) is 0 Å². The molecule has 3 rings (SSSR count). The lowest BCUT2D eigenvalue weighted by molar-refractivity contribution is -0.00149. The lowest BCUT2D eigenvalue weighted by atomic mass is 10.2. The van der Waals surface area contributed by atoms with Crippen LogP contribution in [0.1, 0.15) is 6.92 Å². The normalized spacial score (nSPS) is 19.7. The van der Waals surface area contributed by atoms with Crippen molar-refractivity contribution in [1.29, 1.82) is 0 Å². The van der Waals surface area contributed by atoms with E-state index in [9.17, 15) is 5.21 Å². The van der Waals surface area contributed by atoms with E-state index < -0.39 is 0 Å². The van der Waals surface area contributed by atoms with Crippen LogP contribution in [0.3, 0.4) is 0 Å². The third kappa shape index (κ3) is 4.28. The topological polar surface area (TPSA) is 67.6 Å². The summed E-state index contributed by atoms with van der Waals surface area (Å²) >= 11 is 5.38. The molecule has 2 aliphatic heterocycles. The van der Waals surface area contributed by atoms with Crippen LogP contribution in [-0.4, -0.2) is 51.4 Å². The maximum atomic E-state index is 9.77. The highest BCUT2D eigenvalue weighted by molar-refractivity contribution is 7.80. The summed E-state index contributed by atoms with van der Waals surface area (Å²) in [5.74, 6) is 0.982. The molecule has 25 heavy (non-hydrogen) atoms. The predicted molar refractivity (Wildman–Crippen MR) is 100 cm³/mol. The fraction of sp³-hybridized carbons (Fsp3) is 0.294. The van der Waals surface area contributed by atoms with Gasteiger partial charge in [0.15, 0.2) is 0 Å². The Morgan fingerprint density at radius 2 is 1.96 bits per heavy atom. The summed E-state index contributed by atoms with van der Waals surface area (Å²) in [4.78, 5) is 8.64. The molecular formula is C17H20N6OS. The fourth-order valence-electron chi connectivity index (χ4n) is 2.62. The Morgan fingerprint density at radius 3 is 2.64 bits per heavy atom. The van der Waals surface area contributed by atoms with Crippen LogP contribution in [0, 0.1) is 0 Å². The Morgan fingerprint density at radius 1 is 1.16 bits per heavy atom. The highest BCUT2D eigenvalue weighted by Gasteiger charge is 2.19. The highest BCUT2D eigenvalue weighted by atomic mass is 32.1. The Kier molecular flexibility index (Phi) is 5.52. The second-order valence-corrected chi connectivity index (χ2v) is 6.03. The van der Waals surface area contributed by atoms with E-state index in [0.717, 1.165) is 37.1 Å². The third-order valence-corrected chi connectivity index (χ3v) is 4.36. The van der Waals surface area contributed by atoms with E-state index in [2.05, 4.69) is 20.1 Å². The lowest BCUT2D eigenvalue weighted by Crippen LogP contribution is -2.48. The first kappa shape index (κ1) is 17.2. The molecule has 1 N–H and O–H groups in total. The average molecular weight is 356 g/mol. The van der Waals surface area contributed by atoms with E-state index in [1.807, 2.05) is 29.2 Å². The molecule has 8 heteroatoms. The zero-order chi connectivity index (χ0) is 17.6. The molecule has 1 aromatic rings. The maximum Gasteiger partial charge on any atom is 0.216 e. The molecular weight excluding hydrogens is 336 g/mol. The number of hydrogen-bond acceptors (Lipinski definition) is 6. The first-order chi connectivity index (χ1) is 12.1. The minimum atomic E-state index is 0.459. The molecule has 0 atom stereocenters. The van der Waals surface area contributed by atoms with Gasteiger partial charge >= 0.3 is 0 Å². The van der Waals surface area contributed by atoms with Crippen LogP contribution in [-0.2, 0) is 0 Å². The van der Waals surface area contributed by atoms with Crippen LogP contribution in [0.4, 0.5) is 5.82 Å². The highest BCUT2D eigenvalue weighted by Crippen LogP contribution is 2.17. The van der Waals surface area contributed by atoms with Gasteiger partial charge in [-0.25, -0.2) is 10.0 Å². The summed E-state index contributed by atoms with van der Waals surface area (Å²) < 4.78 is 0. The molecule has 0 radical (unpaired) electrons.